The minimum Gasteiger partial charge on any atom is -0.382 e. The van der Waals surface area contributed by atoms with Gasteiger partial charge in [-0.15, -0.1) is 16.4 Å². The fraction of sp³-hybridized carbons (Fsp3) is 0. The van der Waals surface area contributed by atoms with E-state index in [-0.39, 0.29) is 11.5 Å². The molecule has 0 radical (unpaired) electrons. The number of thiazole rings is 1. The number of hydrogen-bond acceptors (Lipinski definition) is 8. The molecule has 9 heteroatoms. The lowest BCUT2D eigenvalue weighted by Gasteiger charge is -2.01. The monoisotopic (exact) mass is 322 g/mol. The van der Waals surface area contributed by atoms with E-state index in [9.17, 15) is 0 Å². The number of nitrogens with two attached hydrogens (primary N) is 1. The summed E-state index contributed by atoms with van der Waals surface area (Å²) in [4.78, 5) is 12.5. The van der Waals surface area contributed by atoms with Gasteiger partial charge < -0.3 is 5.73 Å². The first-order chi connectivity index (χ1) is 11.2. The zero-order valence-corrected chi connectivity index (χ0v) is 12.5. The molecule has 3 aromatic heterocycles. The van der Waals surface area contributed by atoms with Crippen LogP contribution in [0.2, 0.25) is 0 Å². The number of anilines is 1. The minimum absolute atomic E-state index is 0.135. The molecule has 4 aromatic rings. The molecular formula is C14H10N8S. The zero-order valence-electron chi connectivity index (χ0n) is 11.7. The summed E-state index contributed by atoms with van der Waals surface area (Å²) >= 11 is 1.32. The molecule has 0 unspecified atom stereocenters. The second kappa shape index (κ2) is 5.21. The molecular weight excluding hydrogens is 312 g/mol. The first-order valence-electron chi connectivity index (χ1n) is 6.66. The highest BCUT2D eigenvalue weighted by Crippen LogP contribution is 2.20. The maximum Gasteiger partial charge on any atom is 0.167 e. The fourth-order valence-corrected chi connectivity index (χ4v) is 2.89. The molecule has 0 spiro atoms. The normalized spacial score (nSPS) is 11.0. The van der Waals surface area contributed by atoms with Gasteiger partial charge in [-0.25, -0.2) is 15.0 Å². The second-order valence-corrected chi connectivity index (χ2v) is 5.52. The molecule has 112 valence electrons. The summed E-state index contributed by atoms with van der Waals surface area (Å²) in [6.07, 6.45) is 2.99. The van der Waals surface area contributed by atoms with Gasteiger partial charge >= 0.3 is 0 Å². The average molecular weight is 322 g/mol. The van der Waals surface area contributed by atoms with Crippen molar-refractivity contribution in [3.63, 3.8) is 0 Å². The number of aromatic nitrogens is 6. The number of nitrogens with zero attached hydrogens (tertiary/aromatic N) is 6. The highest BCUT2D eigenvalue weighted by molar-refractivity contribution is 7.12. The predicted molar refractivity (Wildman–Crippen MR) is 86.9 cm³/mol. The van der Waals surface area contributed by atoms with E-state index in [4.69, 9.17) is 11.1 Å². The fourth-order valence-electron chi connectivity index (χ4n) is 2.16. The van der Waals surface area contributed by atoms with E-state index < -0.39 is 0 Å². The molecule has 0 aliphatic rings. The number of benzene rings is 1. The van der Waals surface area contributed by atoms with Crippen LogP contribution >= 0.6 is 11.3 Å². The third kappa shape index (κ3) is 2.23. The van der Waals surface area contributed by atoms with Crippen molar-refractivity contribution in [1.82, 2.24) is 29.9 Å². The Morgan fingerprint density at radius 1 is 1.17 bits per heavy atom. The highest BCUT2D eigenvalue weighted by Gasteiger charge is 2.16. The largest absolute Gasteiger partial charge is 0.382 e. The molecule has 0 saturated heterocycles. The van der Waals surface area contributed by atoms with Gasteiger partial charge in [0.2, 0.25) is 0 Å². The van der Waals surface area contributed by atoms with Crippen LogP contribution in [0.5, 0.6) is 0 Å². The van der Waals surface area contributed by atoms with Crippen LogP contribution in [0.25, 0.3) is 16.9 Å². The van der Waals surface area contributed by atoms with Crippen molar-refractivity contribution in [2.45, 2.75) is 0 Å². The quantitative estimate of drug-likeness (QED) is 0.554. The van der Waals surface area contributed by atoms with E-state index in [1.807, 2.05) is 29.6 Å². The molecule has 0 fully saturated rings. The van der Waals surface area contributed by atoms with Crippen LogP contribution in [0.1, 0.15) is 10.7 Å². The van der Waals surface area contributed by atoms with Crippen molar-refractivity contribution in [1.29, 1.82) is 5.41 Å². The van der Waals surface area contributed by atoms with E-state index in [0.29, 0.717) is 16.5 Å². The number of fused-ring (bicyclic) bond motifs is 1. The van der Waals surface area contributed by atoms with Gasteiger partial charge in [-0.05, 0) is 12.1 Å². The van der Waals surface area contributed by atoms with E-state index >= 15 is 0 Å². The molecule has 0 aliphatic heterocycles. The van der Waals surface area contributed by atoms with Crippen molar-refractivity contribution in [3.05, 3.63) is 52.7 Å². The standard InChI is InChI=1S/C14H10N8S/c15-11(12-13(16)18-6-5-17-12)14-19-10(7-23-14)22-9-4-2-1-3-8(9)20-21-22/h1-7,15H,(H2,16,18). The Hall–Kier alpha value is -3.20. The topological polar surface area (TPSA) is 119 Å². The Kier molecular flexibility index (Phi) is 3.05. The minimum atomic E-state index is 0.135. The van der Waals surface area contributed by atoms with Crippen LogP contribution in [-0.4, -0.2) is 35.7 Å². The summed E-state index contributed by atoms with van der Waals surface area (Å²) in [5.74, 6) is 0.811. The maximum absolute atomic E-state index is 8.23. The SMILES string of the molecule is N=C(c1nc(-n2nnc3ccccc32)cs1)c1nccnc1N. The molecule has 1 aromatic carbocycles. The van der Waals surface area contributed by atoms with Crippen LogP contribution in [-0.2, 0) is 0 Å². The summed E-state index contributed by atoms with van der Waals surface area (Å²) in [5, 5.41) is 18.8. The Bertz CT molecular complexity index is 1020. The van der Waals surface area contributed by atoms with Crippen LogP contribution in [0.15, 0.2) is 42.0 Å². The molecule has 8 nitrogen and oxygen atoms in total. The van der Waals surface area contributed by atoms with Crippen LogP contribution in [0, 0.1) is 5.41 Å². The molecule has 23 heavy (non-hydrogen) atoms. The van der Waals surface area contributed by atoms with Gasteiger partial charge in [0.05, 0.1) is 5.52 Å². The number of nitrogens with one attached hydrogen (secondary N) is 1. The van der Waals surface area contributed by atoms with Crippen molar-refractivity contribution in [2.75, 3.05) is 5.73 Å². The first-order valence-corrected chi connectivity index (χ1v) is 7.54. The van der Waals surface area contributed by atoms with E-state index in [1.54, 1.807) is 4.68 Å². The van der Waals surface area contributed by atoms with Crippen molar-refractivity contribution in [3.8, 4) is 5.82 Å². The van der Waals surface area contributed by atoms with E-state index in [2.05, 4.69) is 25.3 Å². The molecule has 0 saturated carbocycles. The number of nitrogen functional groups attached to an aromatic ring is 1. The molecule has 3 heterocycles. The van der Waals surface area contributed by atoms with Gasteiger partial charge in [0.25, 0.3) is 0 Å². The van der Waals surface area contributed by atoms with Gasteiger partial charge in [0, 0.05) is 17.8 Å². The Labute approximate surface area is 134 Å². The van der Waals surface area contributed by atoms with Crippen LogP contribution < -0.4 is 5.73 Å². The Morgan fingerprint density at radius 3 is 2.87 bits per heavy atom. The second-order valence-electron chi connectivity index (χ2n) is 4.67. The third-order valence-corrected chi connectivity index (χ3v) is 4.09. The number of para-hydroxylation sites is 1. The van der Waals surface area contributed by atoms with Gasteiger partial charge in [-0.2, -0.15) is 4.68 Å². The first kappa shape index (κ1) is 13.5. The maximum atomic E-state index is 8.23. The summed E-state index contributed by atoms with van der Waals surface area (Å²) < 4.78 is 1.64. The molecule has 4 rings (SSSR count). The lowest BCUT2D eigenvalue weighted by molar-refractivity contribution is 0.806. The highest BCUT2D eigenvalue weighted by atomic mass is 32.1. The molecule has 0 amide bonds. The van der Waals surface area contributed by atoms with Crippen molar-refractivity contribution >= 4 is 33.9 Å². The average Bonchev–Trinajstić information content (AvgIpc) is 3.21. The third-order valence-electron chi connectivity index (χ3n) is 3.24. The predicted octanol–water partition coefficient (Wildman–Crippen LogP) is 1.67. The molecule has 0 atom stereocenters. The van der Waals surface area contributed by atoms with Crippen LogP contribution in [0.3, 0.4) is 0 Å². The van der Waals surface area contributed by atoms with Crippen molar-refractivity contribution in [2.24, 2.45) is 0 Å². The van der Waals surface area contributed by atoms with Crippen molar-refractivity contribution < 1.29 is 0 Å². The smallest absolute Gasteiger partial charge is 0.167 e. The van der Waals surface area contributed by atoms with Gasteiger partial charge in [0.15, 0.2) is 11.6 Å². The molecule has 0 bridgehead atoms. The van der Waals surface area contributed by atoms with Crippen LogP contribution in [0.4, 0.5) is 5.82 Å². The molecule has 3 N–H and O–H groups in total. The Balaban J connectivity index is 1.75. The van der Waals surface area contributed by atoms with Gasteiger partial charge in [-0.3, -0.25) is 5.41 Å². The van der Waals surface area contributed by atoms with E-state index in [1.165, 1.54) is 23.7 Å². The number of rotatable bonds is 3. The lowest BCUT2D eigenvalue weighted by atomic mass is 10.2. The summed E-state index contributed by atoms with van der Waals surface area (Å²) in [6, 6.07) is 7.62. The zero-order chi connectivity index (χ0) is 15.8. The summed E-state index contributed by atoms with van der Waals surface area (Å²) in [6.45, 7) is 0. The van der Waals surface area contributed by atoms with Gasteiger partial charge in [0.1, 0.15) is 21.9 Å². The number of hydrogen-bond donors (Lipinski definition) is 2. The molecule has 0 aliphatic carbocycles. The summed E-state index contributed by atoms with van der Waals surface area (Å²) in [5.41, 5.74) is 7.87. The summed E-state index contributed by atoms with van der Waals surface area (Å²) in [7, 11) is 0. The lowest BCUT2D eigenvalue weighted by Crippen LogP contribution is -2.09. The van der Waals surface area contributed by atoms with E-state index in [0.717, 1.165) is 11.0 Å². The Morgan fingerprint density at radius 2 is 2.00 bits per heavy atom. The van der Waals surface area contributed by atoms with Gasteiger partial charge in [-0.1, -0.05) is 17.3 Å².